The van der Waals surface area contributed by atoms with E-state index in [-0.39, 0.29) is 11.5 Å². The van der Waals surface area contributed by atoms with Gasteiger partial charge in [0.15, 0.2) is 0 Å². The Morgan fingerprint density at radius 3 is 2.36 bits per heavy atom. The minimum absolute atomic E-state index is 0.120. The van der Waals surface area contributed by atoms with E-state index in [1.165, 1.54) is 0 Å². The third kappa shape index (κ3) is 5.63. The summed E-state index contributed by atoms with van der Waals surface area (Å²) in [6.45, 7) is 6.69. The van der Waals surface area contributed by atoms with Crippen molar-refractivity contribution in [3.8, 4) is 17.2 Å². The average Bonchev–Trinajstić information content (AvgIpc) is 3.00. The van der Waals surface area contributed by atoms with Gasteiger partial charge in [-0.1, -0.05) is 56.3 Å². The standard InChI is InChI=1S/C34H34BrN3O4/c1-21(2)16-17-37(33(39)25-15-14-23-10-6-7-11-24(23)18-25)22(3)32-36-28-13-9-8-12-27(28)34(40)38(32)29-19-26(41-4)20-30(42-5)31(29)35/h6-15,18-22H,16-17H2,1-5H3. The van der Waals surface area contributed by atoms with E-state index in [2.05, 4.69) is 29.8 Å². The molecule has 1 amide bonds. The number of rotatable bonds is 9. The van der Waals surface area contributed by atoms with Crippen LogP contribution in [0.4, 0.5) is 0 Å². The van der Waals surface area contributed by atoms with Crippen molar-refractivity contribution in [3.05, 3.63) is 105 Å². The van der Waals surface area contributed by atoms with Crippen molar-refractivity contribution < 1.29 is 14.3 Å². The molecule has 0 radical (unpaired) electrons. The number of ether oxygens (including phenoxy) is 2. The summed E-state index contributed by atoms with van der Waals surface area (Å²) in [5.41, 5.74) is 1.41. The van der Waals surface area contributed by atoms with Gasteiger partial charge in [0, 0.05) is 24.2 Å². The van der Waals surface area contributed by atoms with Crippen LogP contribution in [0.3, 0.4) is 0 Å². The number of para-hydroxylation sites is 1. The number of carbonyl (C=O) groups is 1. The number of halogens is 1. The summed E-state index contributed by atoms with van der Waals surface area (Å²) >= 11 is 3.65. The van der Waals surface area contributed by atoms with E-state index in [0.717, 1.165) is 17.2 Å². The van der Waals surface area contributed by atoms with Gasteiger partial charge >= 0.3 is 0 Å². The van der Waals surface area contributed by atoms with Crippen LogP contribution in [0.2, 0.25) is 0 Å². The number of nitrogens with zero attached hydrogens (tertiary/aromatic N) is 3. The summed E-state index contributed by atoms with van der Waals surface area (Å²) in [5.74, 6) is 1.71. The number of benzene rings is 4. The van der Waals surface area contributed by atoms with E-state index in [9.17, 15) is 9.59 Å². The molecule has 1 aromatic heterocycles. The van der Waals surface area contributed by atoms with E-state index in [1.807, 2.05) is 72.5 Å². The second kappa shape index (κ2) is 12.4. The van der Waals surface area contributed by atoms with Crippen LogP contribution in [-0.2, 0) is 0 Å². The maximum Gasteiger partial charge on any atom is 0.266 e. The van der Waals surface area contributed by atoms with Crippen LogP contribution >= 0.6 is 15.9 Å². The smallest absolute Gasteiger partial charge is 0.266 e. The number of carbonyl (C=O) groups excluding carboxylic acids is 1. The SMILES string of the molecule is COc1cc(OC)c(Br)c(-n2c(C(C)N(CCC(C)C)C(=O)c3ccc4ccccc4c3)nc3ccccc3c2=O)c1. The van der Waals surface area contributed by atoms with Gasteiger partial charge in [0.05, 0.1) is 41.3 Å². The fourth-order valence-corrected chi connectivity index (χ4v) is 5.71. The van der Waals surface area contributed by atoms with Gasteiger partial charge in [-0.05, 0) is 70.2 Å². The highest BCUT2D eigenvalue weighted by molar-refractivity contribution is 9.10. The summed E-state index contributed by atoms with van der Waals surface area (Å²) in [6.07, 6.45) is 0.790. The van der Waals surface area contributed by atoms with Crippen molar-refractivity contribution in [3.63, 3.8) is 0 Å². The predicted octanol–water partition coefficient (Wildman–Crippen LogP) is 7.57. The van der Waals surface area contributed by atoms with Crippen molar-refractivity contribution in [1.82, 2.24) is 14.5 Å². The molecule has 4 aromatic carbocycles. The van der Waals surface area contributed by atoms with Gasteiger partial charge in [0.25, 0.3) is 11.5 Å². The Morgan fingerprint density at radius 2 is 1.64 bits per heavy atom. The van der Waals surface area contributed by atoms with Gasteiger partial charge < -0.3 is 14.4 Å². The van der Waals surface area contributed by atoms with Crippen LogP contribution < -0.4 is 15.0 Å². The lowest BCUT2D eigenvalue weighted by atomic mass is 10.0. The van der Waals surface area contributed by atoms with Gasteiger partial charge in [0.1, 0.15) is 17.3 Å². The largest absolute Gasteiger partial charge is 0.497 e. The summed E-state index contributed by atoms with van der Waals surface area (Å²) < 4.78 is 13.3. The summed E-state index contributed by atoms with van der Waals surface area (Å²) in [5, 5.41) is 2.53. The van der Waals surface area contributed by atoms with Crippen LogP contribution in [0.25, 0.3) is 27.4 Å². The van der Waals surface area contributed by atoms with Crippen LogP contribution in [0.15, 0.2) is 88.1 Å². The van der Waals surface area contributed by atoms with Crippen molar-refractivity contribution in [2.45, 2.75) is 33.2 Å². The third-order valence-electron chi connectivity index (χ3n) is 7.54. The molecule has 7 nitrogen and oxygen atoms in total. The Balaban J connectivity index is 1.72. The molecule has 1 unspecified atom stereocenters. The lowest BCUT2D eigenvalue weighted by Gasteiger charge is -2.31. The van der Waals surface area contributed by atoms with Crippen LogP contribution in [0, 0.1) is 5.92 Å². The monoisotopic (exact) mass is 627 g/mol. The highest BCUT2D eigenvalue weighted by atomic mass is 79.9. The molecule has 0 aliphatic carbocycles. The number of fused-ring (bicyclic) bond motifs is 2. The van der Waals surface area contributed by atoms with Crippen molar-refractivity contribution in [2.75, 3.05) is 20.8 Å². The molecule has 0 N–H and O–H groups in total. The fraction of sp³-hybridized carbons (Fsp3) is 0.265. The first-order valence-electron chi connectivity index (χ1n) is 14.0. The second-order valence-electron chi connectivity index (χ2n) is 10.7. The quantitative estimate of drug-likeness (QED) is 0.168. The van der Waals surface area contributed by atoms with Crippen molar-refractivity contribution in [2.24, 2.45) is 5.92 Å². The van der Waals surface area contributed by atoms with Crippen LogP contribution in [0.5, 0.6) is 11.5 Å². The highest BCUT2D eigenvalue weighted by Gasteiger charge is 2.29. The second-order valence-corrected chi connectivity index (χ2v) is 11.5. The molecular formula is C34H34BrN3O4. The summed E-state index contributed by atoms with van der Waals surface area (Å²) in [6, 6.07) is 24.0. The lowest BCUT2D eigenvalue weighted by Crippen LogP contribution is -2.38. The molecule has 0 bridgehead atoms. The average molecular weight is 629 g/mol. The normalized spacial score (nSPS) is 12.1. The lowest BCUT2D eigenvalue weighted by molar-refractivity contribution is 0.0671. The van der Waals surface area contributed by atoms with Gasteiger partial charge in [-0.2, -0.15) is 0 Å². The zero-order chi connectivity index (χ0) is 30.0. The Hall–Kier alpha value is -4.17. The van der Waals surface area contributed by atoms with E-state index in [0.29, 0.717) is 56.4 Å². The molecule has 5 aromatic rings. The molecule has 216 valence electrons. The maximum atomic E-state index is 14.2. The molecule has 8 heteroatoms. The molecule has 42 heavy (non-hydrogen) atoms. The summed E-state index contributed by atoms with van der Waals surface area (Å²) in [7, 11) is 3.12. The first-order valence-corrected chi connectivity index (χ1v) is 14.8. The van der Waals surface area contributed by atoms with Gasteiger partial charge in [0.2, 0.25) is 0 Å². The van der Waals surface area contributed by atoms with Gasteiger partial charge in [-0.25, -0.2) is 4.98 Å². The molecular weight excluding hydrogens is 594 g/mol. The fourth-order valence-electron chi connectivity index (χ4n) is 5.15. The first kappa shape index (κ1) is 29.3. The Kier molecular flexibility index (Phi) is 8.64. The molecule has 0 aliphatic heterocycles. The van der Waals surface area contributed by atoms with Gasteiger partial charge in [-0.3, -0.25) is 14.2 Å². The Bertz CT molecular complexity index is 1830. The first-order chi connectivity index (χ1) is 20.2. The van der Waals surface area contributed by atoms with Crippen LogP contribution in [0.1, 0.15) is 49.4 Å². The van der Waals surface area contributed by atoms with Crippen molar-refractivity contribution >= 4 is 43.5 Å². The van der Waals surface area contributed by atoms with Crippen LogP contribution in [-0.4, -0.2) is 41.1 Å². The Labute approximate surface area is 253 Å². The van der Waals surface area contributed by atoms with Gasteiger partial charge in [-0.15, -0.1) is 0 Å². The topological polar surface area (TPSA) is 73.7 Å². The number of hydrogen-bond donors (Lipinski definition) is 0. The van der Waals surface area contributed by atoms with E-state index < -0.39 is 6.04 Å². The molecule has 0 saturated heterocycles. The van der Waals surface area contributed by atoms with E-state index in [1.54, 1.807) is 37.0 Å². The summed E-state index contributed by atoms with van der Waals surface area (Å²) in [4.78, 5) is 35.3. The zero-order valence-electron chi connectivity index (χ0n) is 24.4. The number of hydrogen-bond acceptors (Lipinski definition) is 5. The number of amides is 1. The van der Waals surface area contributed by atoms with E-state index in [4.69, 9.17) is 14.5 Å². The minimum Gasteiger partial charge on any atom is -0.497 e. The van der Waals surface area contributed by atoms with Crippen molar-refractivity contribution in [1.29, 1.82) is 0 Å². The zero-order valence-corrected chi connectivity index (χ0v) is 26.0. The highest BCUT2D eigenvalue weighted by Crippen LogP contribution is 2.37. The molecule has 1 atom stereocenters. The molecule has 0 fully saturated rings. The molecule has 0 saturated carbocycles. The minimum atomic E-state index is -0.552. The number of methoxy groups -OCH3 is 2. The van der Waals surface area contributed by atoms with E-state index >= 15 is 0 Å². The Morgan fingerprint density at radius 1 is 0.929 bits per heavy atom. The number of aromatic nitrogens is 2. The maximum absolute atomic E-state index is 14.2. The molecule has 0 aliphatic rings. The molecule has 0 spiro atoms. The molecule has 1 heterocycles. The molecule has 5 rings (SSSR count). The third-order valence-corrected chi connectivity index (χ3v) is 8.33. The predicted molar refractivity (Wildman–Crippen MR) is 171 cm³/mol.